The molecule has 29 heavy (non-hydrogen) atoms. The normalized spacial score (nSPS) is 11.1. The van der Waals surface area contributed by atoms with Gasteiger partial charge in [-0.25, -0.2) is 19.3 Å². The molecule has 0 bridgehead atoms. The van der Waals surface area contributed by atoms with Crippen molar-refractivity contribution in [2.75, 3.05) is 11.9 Å². The first-order valence-electron chi connectivity index (χ1n) is 9.74. The average Bonchev–Trinajstić information content (AvgIpc) is 3.19. The van der Waals surface area contributed by atoms with E-state index in [1.54, 1.807) is 16.8 Å². The second kappa shape index (κ2) is 7.83. The zero-order valence-corrected chi connectivity index (χ0v) is 16.7. The summed E-state index contributed by atoms with van der Waals surface area (Å²) in [5.41, 5.74) is 5.77. The highest BCUT2D eigenvalue weighted by molar-refractivity contribution is 5.94. The highest BCUT2D eigenvalue weighted by atomic mass is 16.2. The van der Waals surface area contributed by atoms with Crippen LogP contribution < -0.4 is 10.6 Å². The van der Waals surface area contributed by atoms with Gasteiger partial charge in [0.2, 0.25) is 0 Å². The van der Waals surface area contributed by atoms with Gasteiger partial charge in [0, 0.05) is 47.2 Å². The Kier molecular flexibility index (Phi) is 5.07. The van der Waals surface area contributed by atoms with Crippen molar-refractivity contribution in [2.24, 2.45) is 0 Å². The van der Waals surface area contributed by atoms with Gasteiger partial charge in [-0.1, -0.05) is 13.3 Å². The minimum Gasteiger partial charge on any atom is -0.338 e. The molecule has 0 saturated carbocycles. The van der Waals surface area contributed by atoms with Crippen LogP contribution in [0.4, 0.5) is 10.6 Å². The van der Waals surface area contributed by atoms with Gasteiger partial charge in [0.05, 0.1) is 5.52 Å². The molecule has 0 atom stereocenters. The molecule has 8 heteroatoms. The molecule has 8 nitrogen and oxygen atoms in total. The fraction of sp³-hybridized carbons (Fsp3) is 0.286. The van der Waals surface area contributed by atoms with Crippen molar-refractivity contribution in [1.82, 2.24) is 29.9 Å². The largest absolute Gasteiger partial charge is 0.338 e. The van der Waals surface area contributed by atoms with E-state index in [0.29, 0.717) is 12.4 Å². The van der Waals surface area contributed by atoms with E-state index in [1.807, 2.05) is 19.2 Å². The van der Waals surface area contributed by atoms with Crippen molar-refractivity contribution in [2.45, 2.75) is 33.6 Å². The van der Waals surface area contributed by atoms with Crippen molar-refractivity contribution in [3.05, 3.63) is 48.2 Å². The van der Waals surface area contributed by atoms with E-state index < -0.39 is 0 Å². The molecule has 2 N–H and O–H groups in total. The van der Waals surface area contributed by atoms with E-state index in [1.165, 1.54) is 6.33 Å². The van der Waals surface area contributed by atoms with Crippen molar-refractivity contribution in [1.29, 1.82) is 0 Å². The van der Waals surface area contributed by atoms with Gasteiger partial charge in [-0.05, 0) is 38.0 Å². The Morgan fingerprint density at radius 2 is 1.93 bits per heavy atom. The summed E-state index contributed by atoms with van der Waals surface area (Å²) < 4.78 is 1.77. The van der Waals surface area contributed by atoms with Crippen LogP contribution >= 0.6 is 0 Å². The first-order chi connectivity index (χ1) is 14.1. The van der Waals surface area contributed by atoms with Gasteiger partial charge in [-0.2, -0.15) is 5.10 Å². The molecule has 4 rings (SSSR count). The summed E-state index contributed by atoms with van der Waals surface area (Å²) >= 11 is 0. The topological polar surface area (TPSA) is 97.1 Å². The maximum Gasteiger partial charge on any atom is 0.320 e. The Morgan fingerprint density at radius 3 is 2.69 bits per heavy atom. The third-order valence-electron chi connectivity index (χ3n) is 4.77. The van der Waals surface area contributed by atoms with Gasteiger partial charge in [0.1, 0.15) is 12.1 Å². The molecule has 0 saturated heterocycles. The van der Waals surface area contributed by atoms with Crippen LogP contribution in [0.1, 0.15) is 31.5 Å². The lowest BCUT2D eigenvalue weighted by atomic mass is 10.0. The number of aromatic nitrogens is 5. The number of urea groups is 1. The van der Waals surface area contributed by atoms with Gasteiger partial charge < -0.3 is 5.32 Å². The molecule has 0 fully saturated rings. The molecule has 4 heterocycles. The van der Waals surface area contributed by atoms with Crippen LogP contribution in [0.25, 0.3) is 27.7 Å². The lowest BCUT2D eigenvalue weighted by Gasteiger charge is -2.12. The van der Waals surface area contributed by atoms with Crippen molar-refractivity contribution >= 4 is 28.4 Å². The number of nitrogens with one attached hydrogen (secondary N) is 2. The molecule has 148 valence electrons. The minimum atomic E-state index is -0.292. The number of nitrogens with zero attached hydrogens (tertiary/aromatic N) is 5. The fourth-order valence-electron chi connectivity index (χ4n) is 3.45. The monoisotopic (exact) mass is 389 g/mol. The quantitative estimate of drug-likeness (QED) is 0.542. The predicted molar refractivity (Wildman–Crippen MR) is 113 cm³/mol. The lowest BCUT2D eigenvalue weighted by molar-refractivity contribution is 0.252. The molecule has 4 aromatic rings. The van der Waals surface area contributed by atoms with Gasteiger partial charge in [0.15, 0.2) is 5.65 Å². The van der Waals surface area contributed by atoms with Crippen LogP contribution in [-0.4, -0.2) is 37.1 Å². The van der Waals surface area contributed by atoms with E-state index in [-0.39, 0.29) is 6.03 Å². The Balaban J connectivity index is 1.82. The van der Waals surface area contributed by atoms with Crippen LogP contribution in [0, 0.1) is 6.92 Å². The number of rotatable bonds is 5. The first kappa shape index (κ1) is 18.8. The van der Waals surface area contributed by atoms with Gasteiger partial charge in [-0.15, -0.1) is 0 Å². The van der Waals surface area contributed by atoms with E-state index in [0.717, 1.165) is 51.8 Å². The number of aryl methyl sites for hydroxylation is 2. The Hall–Kier alpha value is -3.55. The van der Waals surface area contributed by atoms with Crippen molar-refractivity contribution in [3.8, 4) is 11.1 Å². The molecule has 0 aliphatic carbocycles. The number of anilines is 1. The summed E-state index contributed by atoms with van der Waals surface area (Å²) in [6.07, 6.45) is 7.20. The van der Waals surface area contributed by atoms with E-state index in [4.69, 9.17) is 0 Å². The Morgan fingerprint density at radius 1 is 1.07 bits per heavy atom. The number of carbonyl (C=O) groups excluding carboxylic acids is 1. The maximum atomic E-state index is 11.8. The SMILES string of the molecule is CCCc1cc(C)c(-c2cc3cnc(NC(=O)NCC)cc3n3ncnc23)cn1. The fourth-order valence-corrected chi connectivity index (χ4v) is 3.45. The number of fused-ring (bicyclic) bond motifs is 3. The highest BCUT2D eigenvalue weighted by Gasteiger charge is 2.14. The molecule has 2 amide bonds. The smallest absolute Gasteiger partial charge is 0.320 e. The molecule has 4 aromatic heterocycles. The molecule has 0 spiro atoms. The summed E-state index contributed by atoms with van der Waals surface area (Å²) in [6.45, 7) is 6.64. The summed E-state index contributed by atoms with van der Waals surface area (Å²) in [5, 5.41) is 10.7. The third kappa shape index (κ3) is 3.61. The predicted octanol–water partition coefficient (Wildman–Crippen LogP) is 3.74. The second-order valence-corrected chi connectivity index (χ2v) is 6.91. The molecular weight excluding hydrogens is 366 g/mol. The van der Waals surface area contributed by atoms with Crippen molar-refractivity contribution in [3.63, 3.8) is 0 Å². The number of carbonyl (C=O) groups is 1. The molecule has 0 unspecified atom stereocenters. The van der Waals surface area contributed by atoms with Crippen LogP contribution in [0.5, 0.6) is 0 Å². The second-order valence-electron chi connectivity index (χ2n) is 6.91. The summed E-state index contributed by atoms with van der Waals surface area (Å²) in [7, 11) is 0. The minimum absolute atomic E-state index is 0.292. The number of amides is 2. The number of hydrogen-bond acceptors (Lipinski definition) is 5. The van der Waals surface area contributed by atoms with Gasteiger partial charge in [-0.3, -0.25) is 10.3 Å². The summed E-state index contributed by atoms with van der Waals surface area (Å²) in [4.78, 5) is 25.3. The molecule has 0 aliphatic rings. The standard InChI is InChI=1S/C21H23N7O/c1-4-6-15-7-13(3)17(11-23-15)16-8-14-10-24-19(27-21(29)22-5-2)9-18(14)28-20(16)25-12-26-28/h7-12H,4-6H2,1-3H3,(H2,22,24,27,29). The first-order valence-corrected chi connectivity index (χ1v) is 9.74. The van der Waals surface area contributed by atoms with Crippen LogP contribution in [0.2, 0.25) is 0 Å². The zero-order valence-electron chi connectivity index (χ0n) is 16.7. The third-order valence-corrected chi connectivity index (χ3v) is 4.77. The van der Waals surface area contributed by atoms with Crippen molar-refractivity contribution < 1.29 is 4.79 Å². The number of pyridine rings is 3. The average molecular weight is 389 g/mol. The lowest BCUT2D eigenvalue weighted by Crippen LogP contribution is -2.28. The highest BCUT2D eigenvalue weighted by Crippen LogP contribution is 2.30. The Bertz CT molecular complexity index is 1200. The van der Waals surface area contributed by atoms with Crippen LogP contribution in [0.3, 0.4) is 0 Å². The number of hydrogen-bond donors (Lipinski definition) is 2. The molecule has 0 radical (unpaired) electrons. The summed E-state index contributed by atoms with van der Waals surface area (Å²) in [6, 6.07) is 5.68. The summed E-state index contributed by atoms with van der Waals surface area (Å²) in [5.74, 6) is 0.453. The van der Waals surface area contributed by atoms with E-state index >= 15 is 0 Å². The van der Waals surface area contributed by atoms with E-state index in [2.05, 4.69) is 50.6 Å². The van der Waals surface area contributed by atoms with Crippen LogP contribution in [0.15, 0.2) is 36.9 Å². The molecule has 0 aromatic carbocycles. The van der Waals surface area contributed by atoms with Gasteiger partial charge in [0.25, 0.3) is 0 Å². The van der Waals surface area contributed by atoms with Crippen LogP contribution in [-0.2, 0) is 6.42 Å². The van der Waals surface area contributed by atoms with E-state index in [9.17, 15) is 4.79 Å². The maximum absolute atomic E-state index is 11.8. The van der Waals surface area contributed by atoms with Gasteiger partial charge >= 0.3 is 6.03 Å². The zero-order chi connectivity index (χ0) is 20.4. The Labute approximate surface area is 168 Å². The molecule has 0 aliphatic heterocycles. The molecular formula is C21H23N7O.